The van der Waals surface area contributed by atoms with Crippen molar-refractivity contribution in [2.24, 2.45) is 0 Å². The van der Waals surface area contributed by atoms with Gasteiger partial charge in [-0.2, -0.15) is 0 Å². The number of aryl methyl sites for hydroxylation is 2. The molecule has 2 heterocycles. The van der Waals surface area contributed by atoms with Gasteiger partial charge in [-0.15, -0.1) is 11.3 Å². The highest BCUT2D eigenvalue weighted by atomic mass is 32.1. The maximum absolute atomic E-state index is 12.2. The number of rotatable bonds is 6. The predicted molar refractivity (Wildman–Crippen MR) is 84.9 cm³/mol. The molecule has 0 aliphatic heterocycles. The third-order valence-corrected chi connectivity index (χ3v) is 4.14. The van der Waals surface area contributed by atoms with E-state index in [0.29, 0.717) is 40.8 Å². The van der Waals surface area contributed by atoms with Gasteiger partial charge in [0.25, 0.3) is 5.91 Å². The zero-order valence-electron chi connectivity index (χ0n) is 12.9. The first-order valence-electron chi connectivity index (χ1n) is 7.04. The number of furan rings is 1. The van der Waals surface area contributed by atoms with Crippen LogP contribution in [0.2, 0.25) is 0 Å². The van der Waals surface area contributed by atoms with Gasteiger partial charge in [-0.1, -0.05) is 0 Å². The lowest BCUT2D eigenvalue weighted by atomic mass is 10.3. The number of nitrogens with one attached hydrogen (secondary N) is 2. The van der Waals surface area contributed by atoms with Crippen LogP contribution in [0.3, 0.4) is 0 Å². The molecule has 0 spiro atoms. The topological polar surface area (TPSA) is 84.2 Å². The summed E-state index contributed by atoms with van der Waals surface area (Å²) in [5.74, 6) is 1.28. The van der Waals surface area contributed by atoms with Crippen LogP contribution in [0.15, 0.2) is 16.5 Å². The van der Waals surface area contributed by atoms with Crippen molar-refractivity contribution in [3.05, 3.63) is 28.5 Å². The summed E-state index contributed by atoms with van der Waals surface area (Å²) in [7, 11) is 0. The Labute approximate surface area is 132 Å². The fraction of sp³-hybridized carbons (Fsp3) is 0.400. The summed E-state index contributed by atoms with van der Waals surface area (Å²) in [6.45, 7) is 6.20. The van der Waals surface area contributed by atoms with E-state index in [1.165, 1.54) is 18.3 Å². The molecule has 7 heteroatoms. The van der Waals surface area contributed by atoms with Crippen molar-refractivity contribution in [1.29, 1.82) is 0 Å². The number of nitrogens with zero attached hydrogens (tertiary/aromatic N) is 1. The normalized spacial score (nSPS) is 10.5. The molecule has 0 aliphatic rings. The van der Waals surface area contributed by atoms with Crippen molar-refractivity contribution in [2.75, 3.05) is 13.1 Å². The Morgan fingerprint density at radius 3 is 2.59 bits per heavy atom. The second-order valence-electron chi connectivity index (χ2n) is 4.94. The van der Waals surface area contributed by atoms with Crippen LogP contribution in [0, 0.1) is 13.8 Å². The van der Waals surface area contributed by atoms with E-state index in [1.54, 1.807) is 0 Å². The van der Waals surface area contributed by atoms with Gasteiger partial charge in [0.1, 0.15) is 10.6 Å². The van der Waals surface area contributed by atoms with E-state index in [1.807, 2.05) is 26.0 Å². The van der Waals surface area contributed by atoms with Crippen LogP contribution in [0.25, 0.3) is 10.8 Å². The van der Waals surface area contributed by atoms with Gasteiger partial charge in [0.15, 0.2) is 10.8 Å². The molecule has 0 aliphatic carbocycles. The summed E-state index contributed by atoms with van der Waals surface area (Å²) < 4.78 is 5.53. The molecule has 0 saturated heterocycles. The van der Waals surface area contributed by atoms with Crippen LogP contribution in [-0.4, -0.2) is 29.9 Å². The van der Waals surface area contributed by atoms with Crippen molar-refractivity contribution in [3.63, 3.8) is 0 Å². The summed E-state index contributed by atoms with van der Waals surface area (Å²) in [6.07, 6.45) is 0.688. The highest BCUT2D eigenvalue weighted by molar-refractivity contribution is 7.17. The molecule has 0 saturated carbocycles. The lowest BCUT2D eigenvalue weighted by molar-refractivity contribution is -0.118. The minimum atomic E-state index is -0.146. The van der Waals surface area contributed by atoms with Crippen LogP contribution in [-0.2, 0) is 4.79 Å². The van der Waals surface area contributed by atoms with Crippen molar-refractivity contribution < 1.29 is 14.0 Å². The molecule has 2 amide bonds. The number of amides is 2. The second-order valence-corrected chi connectivity index (χ2v) is 5.94. The molecule has 0 aromatic carbocycles. The molecular formula is C15H19N3O3S. The first-order chi connectivity index (χ1) is 10.5. The van der Waals surface area contributed by atoms with E-state index in [2.05, 4.69) is 15.6 Å². The Balaban J connectivity index is 1.93. The molecule has 2 aromatic rings. The molecule has 0 unspecified atom stereocenters. The monoisotopic (exact) mass is 321 g/mol. The average molecular weight is 321 g/mol. The molecule has 6 nitrogen and oxygen atoms in total. The second kappa shape index (κ2) is 7.22. The lowest BCUT2D eigenvalue weighted by Gasteiger charge is -2.04. The molecule has 22 heavy (non-hydrogen) atoms. The zero-order valence-corrected chi connectivity index (χ0v) is 13.7. The Kier molecular flexibility index (Phi) is 5.32. The highest BCUT2D eigenvalue weighted by Crippen LogP contribution is 2.29. The van der Waals surface area contributed by atoms with Gasteiger partial charge in [0, 0.05) is 20.0 Å². The minimum absolute atomic E-state index is 0.0667. The van der Waals surface area contributed by atoms with Crippen LogP contribution in [0.1, 0.15) is 34.5 Å². The van der Waals surface area contributed by atoms with E-state index >= 15 is 0 Å². The summed E-state index contributed by atoms with van der Waals surface area (Å²) >= 11 is 1.32. The number of thiazole rings is 1. The minimum Gasteiger partial charge on any atom is -0.459 e. The molecular weight excluding hydrogens is 302 g/mol. The molecule has 0 atom stereocenters. The van der Waals surface area contributed by atoms with E-state index < -0.39 is 0 Å². The predicted octanol–water partition coefficient (Wildman–Crippen LogP) is 2.28. The van der Waals surface area contributed by atoms with Gasteiger partial charge in [-0.05, 0) is 32.4 Å². The van der Waals surface area contributed by atoms with Crippen molar-refractivity contribution in [1.82, 2.24) is 15.6 Å². The average Bonchev–Trinajstić information content (AvgIpc) is 3.04. The van der Waals surface area contributed by atoms with Crippen molar-refractivity contribution >= 4 is 23.2 Å². The standard InChI is InChI=1S/C15H19N3O3S/c1-9-5-6-12(21-9)15-18-10(2)13(22-15)14(20)17-8-4-7-16-11(3)19/h5-6H,4,7-8H2,1-3H3,(H,16,19)(H,17,20). The molecule has 0 fully saturated rings. The van der Waals surface area contributed by atoms with Gasteiger partial charge < -0.3 is 15.1 Å². The smallest absolute Gasteiger partial charge is 0.263 e. The maximum atomic E-state index is 12.2. The number of aromatic nitrogens is 1. The summed E-state index contributed by atoms with van der Waals surface area (Å²) in [6, 6.07) is 3.72. The van der Waals surface area contributed by atoms with Gasteiger partial charge in [0.05, 0.1) is 5.69 Å². The quantitative estimate of drug-likeness (QED) is 0.799. The molecule has 2 N–H and O–H groups in total. The number of carbonyl (C=O) groups is 2. The van der Waals surface area contributed by atoms with E-state index in [4.69, 9.17) is 4.42 Å². The van der Waals surface area contributed by atoms with Crippen molar-refractivity contribution in [3.8, 4) is 10.8 Å². The summed E-state index contributed by atoms with van der Waals surface area (Å²) in [5.41, 5.74) is 0.688. The molecule has 0 radical (unpaired) electrons. The van der Waals surface area contributed by atoms with E-state index in [-0.39, 0.29) is 11.8 Å². The number of hydrogen-bond donors (Lipinski definition) is 2. The Morgan fingerprint density at radius 1 is 1.23 bits per heavy atom. The molecule has 2 rings (SSSR count). The third-order valence-electron chi connectivity index (χ3n) is 2.97. The third kappa shape index (κ3) is 4.17. The van der Waals surface area contributed by atoms with Crippen LogP contribution in [0.4, 0.5) is 0 Å². The summed E-state index contributed by atoms with van der Waals surface area (Å²) in [4.78, 5) is 27.9. The van der Waals surface area contributed by atoms with Crippen LogP contribution in [0.5, 0.6) is 0 Å². The van der Waals surface area contributed by atoms with Gasteiger partial charge in [-0.3, -0.25) is 9.59 Å². The van der Waals surface area contributed by atoms with Crippen LogP contribution >= 0.6 is 11.3 Å². The van der Waals surface area contributed by atoms with Crippen molar-refractivity contribution in [2.45, 2.75) is 27.2 Å². The largest absolute Gasteiger partial charge is 0.459 e. The van der Waals surface area contributed by atoms with Gasteiger partial charge in [0.2, 0.25) is 5.91 Å². The first kappa shape index (κ1) is 16.2. The fourth-order valence-electron chi connectivity index (χ4n) is 1.90. The van der Waals surface area contributed by atoms with Gasteiger partial charge in [-0.25, -0.2) is 4.98 Å². The molecule has 118 valence electrons. The SMILES string of the molecule is CC(=O)NCCCNC(=O)c1sc(-c2ccc(C)o2)nc1C. The fourth-order valence-corrected chi connectivity index (χ4v) is 2.84. The zero-order chi connectivity index (χ0) is 16.1. The van der Waals surface area contributed by atoms with E-state index in [9.17, 15) is 9.59 Å². The maximum Gasteiger partial charge on any atom is 0.263 e. The first-order valence-corrected chi connectivity index (χ1v) is 7.86. The Bertz CT molecular complexity index is 675. The molecule has 2 aromatic heterocycles. The van der Waals surface area contributed by atoms with Gasteiger partial charge >= 0.3 is 0 Å². The summed E-state index contributed by atoms with van der Waals surface area (Å²) in [5, 5.41) is 6.22. The lowest BCUT2D eigenvalue weighted by Crippen LogP contribution is -2.28. The van der Waals surface area contributed by atoms with Crippen LogP contribution < -0.4 is 10.6 Å². The Hall–Kier alpha value is -2.15. The van der Waals surface area contributed by atoms with E-state index in [0.717, 1.165) is 5.76 Å². The highest BCUT2D eigenvalue weighted by Gasteiger charge is 2.17. The number of hydrogen-bond acceptors (Lipinski definition) is 5. The Morgan fingerprint density at radius 2 is 1.95 bits per heavy atom. The molecule has 0 bridgehead atoms. The number of carbonyl (C=O) groups excluding carboxylic acids is 2.